The fraction of sp³-hybridized carbons (Fsp3) is 0.214. The molecule has 0 aliphatic carbocycles. The van der Waals surface area contributed by atoms with E-state index in [2.05, 4.69) is 73.0 Å². The standard InChI is InChI=1S/C28H28N2O2S2/c1-19(17-29-27(31)25-5-3-15-33-25)21-7-11-23(12-8-21)24-13-9-22(10-14-24)20(2)18-30-28(32)26-6-4-16-34-26/h3-16,19-20H,17-18H2,1-2H3,(H,29,31)(H,30,32). The number of nitrogens with one attached hydrogen (secondary N) is 2. The molecule has 2 atom stereocenters. The first-order valence-corrected chi connectivity index (χ1v) is 13.1. The molecule has 0 bridgehead atoms. The molecule has 6 heteroatoms. The van der Waals surface area contributed by atoms with Gasteiger partial charge in [-0.3, -0.25) is 9.59 Å². The zero-order valence-electron chi connectivity index (χ0n) is 19.3. The number of thiophene rings is 2. The molecule has 0 fully saturated rings. The van der Waals surface area contributed by atoms with Gasteiger partial charge in [-0.25, -0.2) is 0 Å². The Morgan fingerprint density at radius 2 is 1.03 bits per heavy atom. The van der Waals surface area contributed by atoms with Gasteiger partial charge in [0.1, 0.15) is 0 Å². The first kappa shape index (κ1) is 23.9. The molecule has 2 aromatic carbocycles. The Morgan fingerprint density at radius 1 is 0.647 bits per heavy atom. The SMILES string of the molecule is CC(CNC(=O)c1cccs1)c1ccc(-c2ccc(C(C)CNC(=O)c3cccs3)cc2)cc1. The fourth-order valence-corrected chi connectivity index (χ4v) is 5.01. The summed E-state index contributed by atoms with van der Waals surface area (Å²) in [7, 11) is 0. The second kappa shape index (κ2) is 11.3. The first-order valence-electron chi connectivity index (χ1n) is 11.3. The molecular weight excluding hydrogens is 460 g/mol. The van der Waals surface area contributed by atoms with E-state index in [1.807, 2.05) is 35.0 Å². The van der Waals surface area contributed by atoms with E-state index < -0.39 is 0 Å². The summed E-state index contributed by atoms with van der Waals surface area (Å²) in [5.74, 6) is 0.425. The van der Waals surface area contributed by atoms with Gasteiger partial charge in [0.25, 0.3) is 11.8 Å². The number of carbonyl (C=O) groups is 2. The second-order valence-electron chi connectivity index (χ2n) is 8.42. The van der Waals surface area contributed by atoms with Gasteiger partial charge in [0, 0.05) is 13.1 Å². The monoisotopic (exact) mass is 488 g/mol. The molecule has 2 amide bonds. The molecule has 4 aromatic rings. The topological polar surface area (TPSA) is 58.2 Å². The molecule has 2 unspecified atom stereocenters. The number of benzene rings is 2. The zero-order valence-corrected chi connectivity index (χ0v) is 20.9. The molecule has 2 N–H and O–H groups in total. The summed E-state index contributed by atoms with van der Waals surface area (Å²) in [6.45, 7) is 5.45. The van der Waals surface area contributed by atoms with Crippen LogP contribution in [0.2, 0.25) is 0 Å². The van der Waals surface area contributed by atoms with E-state index >= 15 is 0 Å². The predicted molar refractivity (Wildman–Crippen MR) is 142 cm³/mol. The highest BCUT2D eigenvalue weighted by Gasteiger charge is 2.12. The summed E-state index contributed by atoms with van der Waals surface area (Å²) in [4.78, 5) is 25.8. The molecule has 0 aliphatic heterocycles. The minimum atomic E-state index is -0.0149. The van der Waals surface area contributed by atoms with Gasteiger partial charge < -0.3 is 10.6 Å². The van der Waals surface area contributed by atoms with E-state index in [9.17, 15) is 9.59 Å². The van der Waals surface area contributed by atoms with Crippen LogP contribution in [0, 0.1) is 0 Å². The highest BCUT2D eigenvalue weighted by Crippen LogP contribution is 2.25. The number of hydrogen-bond donors (Lipinski definition) is 2. The highest BCUT2D eigenvalue weighted by atomic mass is 32.1. The molecule has 0 radical (unpaired) electrons. The maximum atomic E-state index is 12.2. The van der Waals surface area contributed by atoms with E-state index in [0.29, 0.717) is 13.1 Å². The van der Waals surface area contributed by atoms with E-state index in [0.717, 1.165) is 20.9 Å². The summed E-state index contributed by atoms with van der Waals surface area (Å²) >= 11 is 2.91. The Balaban J connectivity index is 1.30. The van der Waals surface area contributed by atoms with Gasteiger partial charge in [-0.2, -0.15) is 0 Å². The molecule has 4 rings (SSSR count). The third kappa shape index (κ3) is 6.01. The smallest absolute Gasteiger partial charge is 0.261 e. The molecule has 2 heterocycles. The van der Waals surface area contributed by atoms with Crippen molar-refractivity contribution in [3.05, 3.63) is 104 Å². The normalized spacial score (nSPS) is 12.6. The van der Waals surface area contributed by atoms with E-state index in [4.69, 9.17) is 0 Å². The lowest BCUT2D eigenvalue weighted by Gasteiger charge is -2.15. The summed E-state index contributed by atoms with van der Waals surface area (Å²) in [6, 6.07) is 24.5. The number of amides is 2. The maximum absolute atomic E-state index is 12.2. The van der Waals surface area contributed by atoms with Crippen LogP contribution in [0.1, 0.15) is 56.2 Å². The van der Waals surface area contributed by atoms with Gasteiger partial charge >= 0.3 is 0 Å². The summed E-state index contributed by atoms with van der Waals surface area (Å²) in [5, 5.41) is 9.86. The number of rotatable bonds is 9. The van der Waals surface area contributed by atoms with Gasteiger partial charge in [-0.05, 0) is 57.0 Å². The van der Waals surface area contributed by atoms with Crippen LogP contribution in [0.3, 0.4) is 0 Å². The molecule has 2 aromatic heterocycles. The Bertz CT molecular complexity index is 1100. The van der Waals surface area contributed by atoms with Crippen LogP contribution < -0.4 is 10.6 Å². The van der Waals surface area contributed by atoms with Crippen molar-refractivity contribution in [2.45, 2.75) is 25.7 Å². The Kier molecular flexibility index (Phi) is 7.93. The minimum absolute atomic E-state index is 0.0149. The molecule has 4 nitrogen and oxygen atoms in total. The Labute approximate surface area is 208 Å². The number of carbonyl (C=O) groups excluding carboxylic acids is 2. The van der Waals surface area contributed by atoms with Gasteiger partial charge in [0.15, 0.2) is 0 Å². The lowest BCUT2D eigenvalue weighted by atomic mass is 9.95. The van der Waals surface area contributed by atoms with Crippen molar-refractivity contribution in [2.24, 2.45) is 0 Å². The molecular formula is C28H28N2O2S2. The molecule has 34 heavy (non-hydrogen) atoms. The Morgan fingerprint density at radius 3 is 1.35 bits per heavy atom. The number of hydrogen-bond acceptors (Lipinski definition) is 4. The van der Waals surface area contributed by atoms with Crippen molar-refractivity contribution < 1.29 is 9.59 Å². The van der Waals surface area contributed by atoms with Crippen molar-refractivity contribution in [1.29, 1.82) is 0 Å². The zero-order chi connectivity index (χ0) is 23.9. The van der Waals surface area contributed by atoms with Crippen molar-refractivity contribution in [3.63, 3.8) is 0 Å². The third-order valence-corrected chi connectivity index (χ3v) is 7.66. The van der Waals surface area contributed by atoms with Crippen LogP contribution in [0.15, 0.2) is 83.6 Å². The van der Waals surface area contributed by atoms with E-state index in [1.54, 1.807) is 0 Å². The van der Waals surface area contributed by atoms with Gasteiger partial charge in [-0.1, -0.05) is 74.5 Å². The van der Waals surface area contributed by atoms with Crippen LogP contribution in [0.4, 0.5) is 0 Å². The highest BCUT2D eigenvalue weighted by molar-refractivity contribution is 7.12. The average molecular weight is 489 g/mol. The van der Waals surface area contributed by atoms with Crippen LogP contribution in [-0.4, -0.2) is 24.9 Å². The van der Waals surface area contributed by atoms with Gasteiger partial charge in [-0.15, -0.1) is 22.7 Å². The van der Waals surface area contributed by atoms with Crippen molar-refractivity contribution >= 4 is 34.5 Å². The van der Waals surface area contributed by atoms with E-state index in [-0.39, 0.29) is 23.7 Å². The maximum Gasteiger partial charge on any atom is 0.261 e. The molecule has 0 saturated heterocycles. The predicted octanol–water partition coefficient (Wildman–Crippen LogP) is 6.54. The third-order valence-electron chi connectivity index (χ3n) is 5.92. The van der Waals surface area contributed by atoms with Crippen LogP contribution in [0.5, 0.6) is 0 Å². The summed E-state index contributed by atoms with van der Waals surface area (Å²) < 4.78 is 0. The second-order valence-corrected chi connectivity index (χ2v) is 10.3. The summed E-state index contributed by atoms with van der Waals surface area (Å²) in [5.41, 5.74) is 4.71. The summed E-state index contributed by atoms with van der Waals surface area (Å²) in [6.07, 6.45) is 0. The van der Waals surface area contributed by atoms with Gasteiger partial charge in [0.2, 0.25) is 0 Å². The van der Waals surface area contributed by atoms with Crippen molar-refractivity contribution in [2.75, 3.05) is 13.1 Å². The van der Waals surface area contributed by atoms with Crippen molar-refractivity contribution in [1.82, 2.24) is 10.6 Å². The van der Waals surface area contributed by atoms with Crippen molar-refractivity contribution in [3.8, 4) is 11.1 Å². The lowest BCUT2D eigenvalue weighted by Crippen LogP contribution is -2.26. The van der Waals surface area contributed by atoms with E-state index in [1.165, 1.54) is 33.8 Å². The lowest BCUT2D eigenvalue weighted by molar-refractivity contribution is 0.0947. The molecule has 0 aliphatic rings. The average Bonchev–Trinajstić information content (AvgIpc) is 3.60. The van der Waals surface area contributed by atoms with Gasteiger partial charge in [0.05, 0.1) is 9.75 Å². The van der Waals surface area contributed by atoms with Crippen LogP contribution in [-0.2, 0) is 0 Å². The van der Waals surface area contributed by atoms with Crippen LogP contribution >= 0.6 is 22.7 Å². The molecule has 0 saturated carbocycles. The first-order chi connectivity index (χ1) is 16.5. The minimum Gasteiger partial charge on any atom is -0.351 e. The molecule has 174 valence electrons. The fourth-order valence-electron chi connectivity index (χ4n) is 3.73. The quantitative estimate of drug-likeness (QED) is 0.281. The Hall–Kier alpha value is -3.22. The largest absolute Gasteiger partial charge is 0.351 e. The van der Waals surface area contributed by atoms with Crippen LogP contribution in [0.25, 0.3) is 11.1 Å². The molecule has 0 spiro atoms.